The second kappa shape index (κ2) is 10.6. The van der Waals surface area contributed by atoms with E-state index in [1.807, 2.05) is 11.5 Å². The van der Waals surface area contributed by atoms with Crippen LogP contribution >= 0.6 is 11.8 Å². The Morgan fingerprint density at radius 1 is 1.23 bits per heavy atom. The lowest BCUT2D eigenvalue weighted by Crippen LogP contribution is -2.37. The SMILES string of the molecule is CCn1c(SCC(=O)NC2CCCCC2)nnc1[C@@H](C)NC(=O)c1ccccc1F. The van der Waals surface area contributed by atoms with Crippen molar-refractivity contribution in [3.63, 3.8) is 0 Å². The fourth-order valence-corrected chi connectivity index (χ4v) is 4.48. The molecule has 7 nitrogen and oxygen atoms in total. The zero-order chi connectivity index (χ0) is 21.5. The Morgan fingerprint density at radius 3 is 2.67 bits per heavy atom. The van der Waals surface area contributed by atoms with Gasteiger partial charge in [-0.1, -0.05) is 43.2 Å². The van der Waals surface area contributed by atoms with Gasteiger partial charge in [0.1, 0.15) is 5.82 Å². The van der Waals surface area contributed by atoms with Crippen molar-refractivity contribution in [2.24, 2.45) is 0 Å². The van der Waals surface area contributed by atoms with E-state index in [9.17, 15) is 14.0 Å². The molecular weight excluding hydrogens is 405 g/mol. The van der Waals surface area contributed by atoms with Gasteiger partial charge in [-0.3, -0.25) is 9.59 Å². The highest BCUT2D eigenvalue weighted by molar-refractivity contribution is 7.99. The van der Waals surface area contributed by atoms with Crippen molar-refractivity contribution in [1.29, 1.82) is 0 Å². The number of thioether (sulfide) groups is 1. The van der Waals surface area contributed by atoms with Crippen LogP contribution in [0.1, 0.15) is 68.2 Å². The minimum absolute atomic E-state index is 0.00000659. The molecule has 162 valence electrons. The third kappa shape index (κ3) is 5.59. The van der Waals surface area contributed by atoms with Gasteiger partial charge in [0.25, 0.3) is 5.91 Å². The van der Waals surface area contributed by atoms with Crippen molar-refractivity contribution in [1.82, 2.24) is 25.4 Å². The molecule has 2 aromatic rings. The molecule has 2 amide bonds. The van der Waals surface area contributed by atoms with Crippen molar-refractivity contribution in [2.75, 3.05) is 5.75 Å². The zero-order valence-corrected chi connectivity index (χ0v) is 18.2. The Balaban J connectivity index is 1.59. The first-order valence-corrected chi connectivity index (χ1v) is 11.4. The van der Waals surface area contributed by atoms with Crippen LogP contribution in [-0.2, 0) is 11.3 Å². The monoisotopic (exact) mass is 433 g/mol. The lowest BCUT2D eigenvalue weighted by molar-refractivity contribution is -0.119. The van der Waals surface area contributed by atoms with Crippen LogP contribution in [0.5, 0.6) is 0 Å². The lowest BCUT2D eigenvalue weighted by atomic mass is 9.95. The number of nitrogens with zero attached hydrogens (tertiary/aromatic N) is 3. The summed E-state index contributed by atoms with van der Waals surface area (Å²) in [5.41, 5.74) is -0.0131. The van der Waals surface area contributed by atoms with Gasteiger partial charge in [-0.25, -0.2) is 4.39 Å². The summed E-state index contributed by atoms with van der Waals surface area (Å²) in [5, 5.41) is 14.9. The molecule has 3 rings (SSSR count). The van der Waals surface area contributed by atoms with Crippen LogP contribution in [0.25, 0.3) is 0 Å². The number of aromatic nitrogens is 3. The van der Waals surface area contributed by atoms with Gasteiger partial charge in [-0.15, -0.1) is 10.2 Å². The molecule has 0 aliphatic heterocycles. The Kier molecular flexibility index (Phi) is 7.84. The summed E-state index contributed by atoms with van der Waals surface area (Å²) in [6.45, 7) is 4.32. The number of carbonyl (C=O) groups is 2. The molecule has 2 N–H and O–H groups in total. The van der Waals surface area contributed by atoms with Gasteiger partial charge in [0.2, 0.25) is 5.91 Å². The molecule has 1 fully saturated rings. The maximum Gasteiger partial charge on any atom is 0.254 e. The summed E-state index contributed by atoms with van der Waals surface area (Å²) in [6, 6.07) is 5.66. The maximum absolute atomic E-state index is 13.9. The highest BCUT2D eigenvalue weighted by atomic mass is 32.2. The molecule has 1 saturated carbocycles. The number of hydrogen-bond donors (Lipinski definition) is 2. The maximum atomic E-state index is 13.9. The number of carbonyl (C=O) groups excluding carboxylic acids is 2. The van der Waals surface area contributed by atoms with E-state index in [1.54, 1.807) is 13.0 Å². The van der Waals surface area contributed by atoms with Gasteiger partial charge in [0.15, 0.2) is 11.0 Å². The van der Waals surface area contributed by atoms with Crippen LogP contribution in [0.4, 0.5) is 4.39 Å². The average Bonchev–Trinajstić information content (AvgIpc) is 3.16. The Morgan fingerprint density at radius 2 is 1.97 bits per heavy atom. The standard InChI is InChI=1S/C21H28FN5O2S/c1-3-27-19(14(2)23-20(29)16-11-7-8-12-17(16)22)25-26-21(27)30-13-18(28)24-15-9-5-4-6-10-15/h7-8,11-12,14-15H,3-6,9-10,13H2,1-2H3,(H,23,29)(H,24,28)/t14-/m1/s1. The molecular formula is C21H28FN5O2S. The second-order valence-corrected chi connectivity index (χ2v) is 8.39. The molecule has 1 heterocycles. The predicted octanol–water partition coefficient (Wildman–Crippen LogP) is 3.47. The van der Waals surface area contributed by atoms with Crippen molar-refractivity contribution < 1.29 is 14.0 Å². The van der Waals surface area contributed by atoms with Gasteiger partial charge >= 0.3 is 0 Å². The lowest BCUT2D eigenvalue weighted by Gasteiger charge is -2.22. The van der Waals surface area contributed by atoms with Crippen molar-refractivity contribution in [2.45, 2.75) is 69.7 Å². The molecule has 1 aliphatic carbocycles. The molecule has 30 heavy (non-hydrogen) atoms. The molecule has 9 heteroatoms. The summed E-state index contributed by atoms with van der Waals surface area (Å²) >= 11 is 1.33. The minimum atomic E-state index is -0.570. The highest BCUT2D eigenvalue weighted by Gasteiger charge is 2.22. The van der Waals surface area contributed by atoms with Crippen LogP contribution < -0.4 is 10.6 Å². The van der Waals surface area contributed by atoms with Gasteiger partial charge in [-0.2, -0.15) is 0 Å². The number of amides is 2. The molecule has 0 spiro atoms. The van der Waals surface area contributed by atoms with Crippen LogP contribution in [0.3, 0.4) is 0 Å². The summed E-state index contributed by atoms with van der Waals surface area (Å²) in [5.74, 6) is -0.242. The average molecular weight is 434 g/mol. The topological polar surface area (TPSA) is 88.9 Å². The van der Waals surface area contributed by atoms with Crippen LogP contribution in [0.15, 0.2) is 29.4 Å². The third-order valence-corrected chi connectivity index (χ3v) is 6.18. The van der Waals surface area contributed by atoms with Crippen molar-refractivity contribution >= 4 is 23.6 Å². The minimum Gasteiger partial charge on any atom is -0.353 e. The van der Waals surface area contributed by atoms with E-state index in [0.717, 1.165) is 12.8 Å². The molecule has 0 unspecified atom stereocenters. The first-order chi connectivity index (χ1) is 14.5. The quantitative estimate of drug-likeness (QED) is 0.623. The Hall–Kier alpha value is -2.42. The highest BCUT2D eigenvalue weighted by Crippen LogP contribution is 2.22. The van der Waals surface area contributed by atoms with E-state index in [-0.39, 0.29) is 23.3 Å². The van der Waals surface area contributed by atoms with Crippen LogP contribution in [-0.4, -0.2) is 38.4 Å². The largest absolute Gasteiger partial charge is 0.353 e. The van der Waals surface area contributed by atoms with Crippen molar-refractivity contribution in [3.05, 3.63) is 41.5 Å². The molecule has 1 atom stereocenters. The smallest absolute Gasteiger partial charge is 0.254 e. The first kappa shape index (κ1) is 22.3. The molecule has 1 aromatic heterocycles. The molecule has 0 bridgehead atoms. The van der Waals surface area contributed by atoms with E-state index >= 15 is 0 Å². The molecule has 1 aromatic carbocycles. The van der Waals surface area contributed by atoms with E-state index in [0.29, 0.717) is 17.5 Å². The van der Waals surface area contributed by atoms with Crippen LogP contribution in [0, 0.1) is 5.82 Å². The van der Waals surface area contributed by atoms with Crippen molar-refractivity contribution in [3.8, 4) is 0 Å². The number of halogens is 1. The zero-order valence-electron chi connectivity index (χ0n) is 17.4. The summed E-state index contributed by atoms with van der Waals surface area (Å²) in [6.07, 6.45) is 5.68. The van der Waals surface area contributed by atoms with Crippen LogP contribution in [0.2, 0.25) is 0 Å². The van der Waals surface area contributed by atoms with E-state index in [2.05, 4.69) is 20.8 Å². The predicted molar refractivity (Wildman–Crippen MR) is 114 cm³/mol. The van der Waals surface area contributed by atoms with E-state index < -0.39 is 17.8 Å². The van der Waals surface area contributed by atoms with Gasteiger partial charge in [-0.05, 0) is 38.8 Å². The third-order valence-electron chi connectivity index (χ3n) is 5.22. The fourth-order valence-electron chi connectivity index (χ4n) is 3.66. The van der Waals surface area contributed by atoms with Gasteiger partial charge in [0, 0.05) is 12.6 Å². The Labute approximate surface area is 180 Å². The summed E-state index contributed by atoms with van der Waals surface area (Å²) in [4.78, 5) is 24.7. The number of benzene rings is 1. The molecule has 0 radical (unpaired) electrons. The van der Waals surface area contributed by atoms with E-state index in [4.69, 9.17) is 0 Å². The number of nitrogens with one attached hydrogen (secondary N) is 2. The number of hydrogen-bond acceptors (Lipinski definition) is 5. The molecule has 1 aliphatic rings. The fraction of sp³-hybridized carbons (Fsp3) is 0.524. The summed E-state index contributed by atoms with van der Waals surface area (Å²) < 4.78 is 15.7. The first-order valence-electron chi connectivity index (χ1n) is 10.4. The van der Waals surface area contributed by atoms with Gasteiger partial charge < -0.3 is 15.2 Å². The normalized spacial score (nSPS) is 15.6. The Bertz CT molecular complexity index is 882. The second-order valence-electron chi connectivity index (χ2n) is 7.45. The van der Waals surface area contributed by atoms with Gasteiger partial charge in [0.05, 0.1) is 17.4 Å². The van der Waals surface area contributed by atoms with E-state index in [1.165, 1.54) is 49.2 Å². The molecule has 0 saturated heterocycles. The summed E-state index contributed by atoms with van der Waals surface area (Å²) in [7, 11) is 0. The number of rotatable bonds is 8.